The fraction of sp³-hybridized carbons (Fsp3) is 0.345. The maximum absolute atomic E-state index is 13.7. The molecule has 6 N–H and O–H groups in total. The summed E-state index contributed by atoms with van der Waals surface area (Å²) in [6.07, 6.45) is -0.0751. The normalized spacial score (nSPS) is 25.9. The molecule has 0 spiro atoms. The number of nitrogens with zero attached hydrogens (tertiary/aromatic N) is 1. The van der Waals surface area contributed by atoms with E-state index in [0.29, 0.717) is 35.8 Å². The molecule has 0 saturated heterocycles. The number of benzene rings is 2. The third kappa shape index (κ3) is 3.67. The highest BCUT2D eigenvalue weighted by Crippen LogP contribution is 2.52. The van der Waals surface area contributed by atoms with Gasteiger partial charge in [-0.3, -0.25) is 19.3 Å². The Bertz CT molecular complexity index is 1590. The van der Waals surface area contributed by atoms with Gasteiger partial charge in [0.05, 0.1) is 12.7 Å². The number of fused-ring (bicyclic) bond motifs is 4. The van der Waals surface area contributed by atoms with Gasteiger partial charge in [-0.15, -0.1) is 0 Å². The quantitative estimate of drug-likeness (QED) is 0.349. The van der Waals surface area contributed by atoms with Crippen LogP contribution in [0.1, 0.15) is 45.5 Å². The zero-order valence-corrected chi connectivity index (χ0v) is 22.3. The molecule has 11 heteroatoms. The molecular weight excluding hydrogens is 540 g/mol. The number of amides is 1. The number of methoxy groups -OCH3 is 1. The number of carbonyl (C=O) groups excluding carboxylic acids is 3. The topological polar surface area (TPSA) is 171 Å². The predicted molar refractivity (Wildman–Crippen MR) is 142 cm³/mol. The van der Waals surface area contributed by atoms with Gasteiger partial charge in [-0.05, 0) is 59.2 Å². The molecule has 3 aliphatic carbocycles. The first kappa shape index (κ1) is 26.4. The number of phenolic OH excluding ortho intramolecular Hbond substituents is 1. The van der Waals surface area contributed by atoms with Crippen LogP contribution in [0, 0.1) is 11.8 Å². The minimum atomic E-state index is -2.59. The van der Waals surface area contributed by atoms with Crippen molar-refractivity contribution in [3.63, 3.8) is 0 Å². The monoisotopic (exact) mass is 566 g/mol. The number of allylic oxidation sites excluding steroid dienone is 2. The highest BCUT2D eigenvalue weighted by atomic mass is 35.5. The van der Waals surface area contributed by atoms with Crippen LogP contribution in [0.3, 0.4) is 0 Å². The fourth-order valence-electron chi connectivity index (χ4n) is 6.76. The first-order valence-corrected chi connectivity index (χ1v) is 13.2. The summed E-state index contributed by atoms with van der Waals surface area (Å²) in [5.74, 6) is -5.89. The lowest BCUT2D eigenvalue weighted by molar-refractivity contribution is -0.144. The third-order valence-corrected chi connectivity index (χ3v) is 9.14. The van der Waals surface area contributed by atoms with E-state index >= 15 is 0 Å². The predicted octanol–water partition coefficient (Wildman–Crippen LogP) is 2.76. The first-order valence-electron chi connectivity index (χ1n) is 12.8. The van der Waals surface area contributed by atoms with E-state index in [-0.39, 0.29) is 36.1 Å². The summed E-state index contributed by atoms with van der Waals surface area (Å²) < 4.78 is 5.32. The van der Waals surface area contributed by atoms with Crippen molar-refractivity contribution in [1.29, 1.82) is 0 Å². The van der Waals surface area contributed by atoms with Gasteiger partial charge in [0.25, 0.3) is 5.91 Å². The molecule has 0 saturated carbocycles. The van der Waals surface area contributed by atoms with Crippen LogP contribution in [0.25, 0.3) is 0 Å². The molecule has 2 aromatic carbocycles. The molecule has 1 unspecified atom stereocenters. The van der Waals surface area contributed by atoms with Crippen LogP contribution in [0.15, 0.2) is 46.9 Å². The van der Waals surface area contributed by atoms with Crippen molar-refractivity contribution in [1.82, 2.24) is 4.90 Å². The lowest BCUT2D eigenvalue weighted by Crippen LogP contribution is -2.57. The van der Waals surface area contributed by atoms with Crippen LogP contribution in [0.2, 0.25) is 5.02 Å². The second-order valence-corrected chi connectivity index (χ2v) is 11.3. The number of ether oxygens (including phenoxy) is 1. The van der Waals surface area contributed by atoms with E-state index in [0.717, 1.165) is 16.9 Å². The molecular formula is C29H27ClN2O8. The average molecular weight is 567 g/mol. The molecule has 0 radical (unpaired) electrons. The number of hydrogen-bond acceptors (Lipinski definition) is 9. The molecule has 2 aromatic rings. The largest absolute Gasteiger partial charge is 0.511 e. The minimum absolute atomic E-state index is 0.0491. The number of Topliss-reactive ketones (excluding diaryl/α,β-unsaturated/α-hetero) is 2. The van der Waals surface area contributed by atoms with Crippen molar-refractivity contribution in [3.8, 4) is 11.5 Å². The van der Waals surface area contributed by atoms with Gasteiger partial charge in [-0.1, -0.05) is 17.7 Å². The SMILES string of the molecule is COc1ccc2c(c1)CN(Cc1cc(O)c3c(c1Cl)CC1C[C@H]4CC(O)=C(C(N)=O)C(=O)[C@@]4(O)C(O)=C1C3=O)C2. The summed E-state index contributed by atoms with van der Waals surface area (Å²) in [5, 5.41) is 44.1. The van der Waals surface area contributed by atoms with Gasteiger partial charge in [-0.25, -0.2) is 0 Å². The summed E-state index contributed by atoms with van der Waals surface area (Å²) >= 11 is 6.84. The van der Waals surface area contributed by atoms with Gasteiger partial charge < -0.3 is 30.9 Å². The van der Waals surface area contributed by atoms with E-state index in [1.54, 1.807) is 7.11 Å². The number of halogens is 1. The molecule has 10 nitrogen and oxygen atoms in total. The number of aliphatic hydroxyl groups excluding tert-OH is 2. The number of rotatable bonds is 4. The molecule has 4 aliphatic rings. The van der Waals surface area contributed by atoms with Crippen LogP contribution in [0.4, 0.5) is 0 Å². The molecule has 0 bridgehead atoms. The van der Waals surface area contributed by atoms with E-state index in [4.69, 9.17) is 22.1 Å². The lowest BCUT2D eigenvalue weighted by atomic mass is 9.60. The zero-order valence-electron chi connectivity index (χ0n) is 21.5. The summed E-state index contributed by atoms with van der Waals surface area (Å²) in [7, 11) is 1.61. The standard InChI is InChI=1S/C29H27ClN2O8/c1-40-17-3-2-12-9-32(10-14(12)5-17)11-15-7-19(33)22-18(24(15)30)6-13-4-16-8-20(34)23(28(31)38)27(37)29(16,39)26(36)21(13)25(22)35/h2-3,5,7,13,16,33-34,36,39H,4,6,8-11H2,1H3,(H2,31,38)/t13?,16-,29-/m0/s1. The number of ketones is 2. The maximum atomic E-state index is 13.7. The van der Waals surface area contributed by atoms with Crippen molar-refractivity contribution in [2.75, 3.05) is 7.11 Å². The number of phenols is 1. The van der Waals surface area contributed by atoms with Crippen LogP contribution in [-0.2, 0) is 35.6 Å². The Hall–Kier alpha value is -3.86. The highest BCUT2D eigenvalue weighted by molar-refractivity contribution is 6.33. The summed E-state index contributed by atoms with van der Waals surface area (Å²) in [5.41, 5.74) is 4.87. The second-order valence-electron chi connectivity index (χ2n) is 10.9. The number of hydrogen-bond donors (Lipinski definition) is 5. The van der Waals surface area contributed by atoms with Gasteiger partial charge in [0.2, 0.25) is 5.78 Å². The Labute approximate surface area is 233 Å². The molecule has 6 rings (SSSR count). The van der Waals surface area contributed by atoms with Gasteiger partial charge in [0.15, 0.2) is 11.4 Å². The summed E-state index contributed by atoms with van der Waals surface area (Å²) in [6.45, 7) is 1.74. The van der Waals surface area contributed by atoms with E-state index in [9.17, 15) is 34.8 Å². The van der Waals surface area contributed by atoms with Gasteiger partial charge in [-0.2, -0.15) is 0 Å². The van der Waals surface area contributed by atoms with Crippen molar-refractivity contribution in [3.05, 3.63) is 79.8 Å². The Kier molecular flexibility index (Phi) is 5.99. The lowest BCUT2D eigenvalue weighted by Gasteiger charge is -2.45. The Morgan fingerprint density at radius 1 is 1.15 bits per heavy atom. The molecule has 1 aliphatic heterocycles. The van der Waals surface area contributed by atoms with Crippen molar-refractivity contribution < 1.29 is 39.5 Å². The van der Waals surface area contributed by atoms with Gasteiger partial charge >= 0.3 is 0 Å². The number of carbonyl (C=O) groups is 3. The van der Waals surface area contributed by atoms with E-state index in [1.807, 2.05) is 18.2 Å². The maximum Gasteiger partial charge on any atom is 0.255 e. The zero-order chi connectivity index (χ0) is 28.7. The van der Waals surface area contributed by atoms with Gasteiger partial charge in [0.1, 0.15) is 28.6 Å². The first-order chi connectivity index (χ1) is 18.9. The van der Waals surface area contributed by atoms with Crippen LogP contribution in [-0.4, -0.2) is 55.5 Å². The van der Waals surface area contributed by atoms with Crippen molar-refractivity contribution >= 4 is 29.1 Å². The highest BCUT2D eigenvalue weighted by Gasteiger charge is 2.59. The Balaban J connectivity index is 1.35. The number of nitrogens with two attached hydrogens (primary N) is 1. The summed E-state index contributed by atoms with van der Waals surface area (Å²) in [4.78, 5) is 40.7. The molecule has 1 heterocycles. The van der Waals surface area contributed by atoms with E-state index < -0.39 is 52.0 Å². The second kappa shape index (κ2) is 9.09. The smallest absolute Gasteiger partial charge is 0.255 e. The molecule has 3 atom stereocenters. The minimum Gasteiger partial charge on any atom is -0.511 e. The van der Waals surface area contributed by atoms with Crippen molar-refractivity contribution in [2.45, 2.75) is 44.5 Å². The van der Waals surface area contributed by atoms with Crippen LogP contribution < -0.4 is 10.5 Å². The van der Waals surface area contributed by atoms with Gasteiger partial charge in [0, 0.05) is 42.6 Å². The molecule has 0 aromatic heterocycles. The Morgan fingerprint density at radius 2 is 1.88 bits per heavy atom. The average Bonchev–Trinajstić information content (AvgIpc) is 3.30. The Morgan fingerprint density at radius 3 is 2.58 bits per heavy atom. The number of aliphatic hydroxyl groups is 3. The van der Waals surface area contributed by atoms with E-state index in [1.165, 1.54) is 6.07 Å². The number of aromatic hydroxyl groups is 1. The van der Waals surface area contributed by atoms with Crippen molar-refractivity contribution in [2.24, 2.45) is 17.6 Å². The van der Waals surface area contributed by atoms with E-state index in [2.05, 4.69) is 4.90 Å². The molecule has 0 fully saturated rings. The number of primary amides is 1. The van der Waals surface area contributed by atoms with Crippen LogP contribution in [0.5, 0.6) is 11.5 Å². The third-order valence-electron chi connectivity index (χ3n) is 8.67. The van der Waals surface area contributed by atoms with Crippen LogP contribution >= 0.6 is 11.6 Å². The fourth-order valence-corrected chi connectivity index (χ4v) is 7.04. The molecule has 40 heavy (non-hydrogen) atoms. The summed E-state index contributed by atoms with van der Waals surface area (Å²) in [6, 6.07) is 7.33. The molecule has 208 valence electrons. The molecule has 1 amide bonds.